The summed E-state index contributed by atoms with van der Waals surface area (Å²) in [7, 11) is 0. The molecule has 0 aliphatic heterocycles. The molecule has 0 amide bonds. The number of rotatable bonds is 12. The van der Waals surface area contributed by atoms with Crippen molar-refractivity contribution in [2.45, 2.75) is 64.2 Å². The summed E-state index contributed by atoms with van der Waals surface area (Å²) < 4.78 is 0.118. The fourth-order valence-corrected chi connectivity index (χ4v) is 2.84. The Hall–Kier alpha value is -0.640. The van der Waals surface area contributed by atoms with Gasteiger partial charge in [0.2, 0.25) is 3.79 Å². The van der Waals surface area contributed by atoms with E-state index in [1.54, 1.807) is 0 Å². The van der Waals surface area contributed by atoms with E-state index in [-0.39, 0.29) is 3.79 Å². The van der Waals surface area contributed by atoms with Crippen LogP contribution in [-0.2, 0) is 6.42 Å². The normalized spacial score (nSPS) is 10.5. The molecule has 1 aromatic rings. The zero-order valence-corrected chi connectivity index (χ0v) is 15.1. The number of hydrogen-bond donors (Lipinski definition) is 0. The van der Waals surface area contributed by atoms with Gasteiger partial charge in [0, 0.05) is 28.2 Å². The van der Waals surface area contributed by atoms with Crippen molar-refractivity contribution in [3.05, 3.63) is 48.0 Å². The topological polar surface area (TPSA) is 17.1 Å². The second kappa shape index (κ2) is 12.0. The first-order valence-electron chi connectivity index (χ1n) is 8.13. The van der Waals surface area contributed by atoms with Gasteiger partial charge in [-0.3, -0.25) is 4.79 Å². The molecule has 0 saturated heterocycles. The molecule has 0 aromatic heterocycles. The number of unbranched alkanes of at least 4 members (excludes halogenated alkanes) is 8. The van der Waals surface area contributed by atoms with E-state index in [0.717, 1.165) is 12.0 Å². The van der Waals surface area contributed by atoms with Crippen LogP contribution >= 0.6 is 22.6 Å². The molecule has 1 nitrogen and oxygen atoms in total. The molecule has 0 radical (unpaired) electrons. The maximum atomic E-state index is 11.2. The third-order valence-corrected chi connectivity index (χ3v) is 4.43. The van der Waals surface area contributed by atoms with Crippen LogP contribution < -0.4 is 0 Å². The van der Waals surface area contributed by atoms with Crippen LogP contribution in [0, 0.1) is 0 Å². The Morgan fingerprint density at radius 2 is 1.43 bits per heavy atom. The van der Waals surface area contributed by atoms with Crippen LogP contribution in [0.25, 0.3) is 0 Å². The lowest BCUT2D eigenvalue weighted by molar-refractivity contribution is 0.110. The number of hydrogen-bond acceptors (Lipinski definition) is 1. The Balaban J connectivity index is 1.99. The van der Waals surface area contributed by atoms with Crippen molar-refractivity contribution in [2.75, 3.05) is 0 Å². The van der Waals surface area contributed by atoms with E-state index in [0.29, 0.717) is 0 Å². The predicted octanol–water partition coefficient (Wildman–Crippen LogP) is 6.50. The van der Waals surface area contributed by atoms with Gasteiger partial charge >= 0.3 is 0 Å². The van der Waals surface area contributed by atoms with Gasteiger partial charge in [-0.25, -0.2) is 0 Å². The molecule has 0 saturated carbocycles. The standard InChI is InChI=1S/C19H27IO/c1-2-3-4-5-6-7-8-9-10-11-12-17-13-15-18(16-14-17)19(20)21/h2,13-16H,1,3-12H2. The van der Waals surface area contributed by atoms with Crippen LogP contribution in [0.4, 0.5) is 0 Å². The minimum Gasteiger partial charge on any atom is -0.282 e. The molecular weight excluding hydrogens is 371 g/mol. The molecule has 0 spiro atoms. The van der Waals surface area contributed by atoms with Gasteiger partial charge in [-0.2, -0.15) is 0 Å². The minimum absolute atomic E-state index is 0.118. The molecule has 1 rings (SSSR count). The lowest BCUT2D eigenvalue weighted by atomic mass is 10.0. The van der Waals surface area contributed by atoms with Crippen LogP contribution in [0.15, 0.2) is 36.9 Å². The van der Waals surface area contributed by atoms with E-state index in [2.05, 4.69) is 18.7 Å². The molecule has 0 unspecified atom stereocenters. The van der Waals surface area contributed by atoms with Gasteiger partial charge in [0.05, 0.1) is 0 Å². The summed E-state index contributed by atoms with van der Waals surface area (Å²) in [6, 6.07) is 8.05. The first kappa shape index (κ1) is 18.4. The molecule has 0 bridgehead atoms. The average Bonchev–Trinajstić information content (AvgIpc) is 2.49. The molecule has 0 aliphatic rings. The highest BCUT2D eigenvalue weighted by atomic mass is 127. The summed E-state index contributed by atoms with van der Waals surface area (Å²) in [6.07, 6.45) is 15.0. The van der Waals surface area contributed by atoms with Crippen molar-refractivity contribution in [3.8, 4) is 0 Å². The summed E-state index contributed by atoms with van der Waals surface area (Å²) in [5, 5.41) is 0. The number of carbonyl (C=O) groups excluding carboxylic acids is 1. The first-order chi connectivity index (χ1) is 10.2. The molecule has 1 aromatic carbocycles. The number of aryl methyl sites for hydroxylation is 1. The molecule has 0 heterocycles. The largest absolute Gasteiger partial charge is 0.282 e. The quantitative estimate of drug-likeness (QED) is 0.170. The van der Waals surface area contributed by atoms with Crippen LogP contribution in [0.3, 0.4) is 0 Å². The molecular formula is C19H27IO. The van der Waals surface area contributed by atoms with Gasteiger partial charge in [-0.15, -0.1) is 6.58 Å². The van der Waals surface area contributed by atoms with Gasteiger partial charge in [0.25, 0.3) is 0 Å². The summed E-state index contributed by atoms with van der Waals surface area (Å²) in [5.74, 6) is 0. The van der Waals surface area contributed by atoms with Crippen molar-refractivity contribution in [3.63, 3.8) is 0 Å². The highest BCUT2D eigenvalue weighted by Gasteiger charge is 2.00. The van der Waals surface area contributed by atoms with E-state index in [9.17, 15) is 4.79 Å². The van der Waals surface area contributed by atoms with E-state index in [4.69, 9.17) is 0 Å². The Morgan fingerprint density at radius 3 is 1.95 bits per heavy atom. The summed E-state index contributed by atoms with van der Waals surface area (Å²) in [6.45, 7) is 3.75. The zero-order valence-electron chi connectivity index (χ0n) is 13.0. The van der Waals surface area contributed by atoms with Gasteiger partial charge in [-0.05, 0) is 31.2 Å². The second-order valence-corrected chi connectivity index (χ2v) is 6.61. The van der Waals surface area contributed by atoms with Crippen molar-refractivity contribution in [2.24, 2.45) is 0 Å². The van der Waals surface area contributed by atoms with Crippen LogP contribution in [0.2, 0.25) is 0 Å². The summed E-state index contributed by atoms with van der Waals surface area (Å²) >= 11 is 1.83. The highest BCUT2D eigenvalue weighted by Crippen LogP contribution is 2.13. The van der Waals surface area contributed by atoms with Gasteiger partial charge < -0.3 is 0 Å². The molecule has 2 heteroatoms. The maximum absolute atomic E-state index is 11.2. The molecule has 0 fully saturated rings. The van der Waals surface area contributed by atoms with Gasteiger partial charge in [0.1, 0.15) is 0 Å². The third-order valence-electron chi connectivity index (χ3n) is 3.80. The number of carbonyl (C=O) groups is 1. The molecule has 21 heavy (non-hydrogen) atoms. The van der Waals surface area contributed by atoms with Crippen molar-refractivity contribution < 1.29 is 4.79 Å². The smallest absolute Gasteiger partial charge is 0.222 e. The maximum Gasteiger partial charge on any atom is 0.222 e. The minimum atomic E-state index is 0.118. The van der Waals surface area contributed by atoms with E-state index in [1.807, 2.05) is 40.8 Å². The zero-order chi connectivity index (χ0) is 15.3. The summed E-state index contributed by atoms with van der Waals surface area (Å²) in [4.78, 5) is 11.2. The molecule has 0 N–H and O–H groups in total. The van der Waals surface area contributed by atoms with E-state index in [1.165, 1.54) is 63.4 Å². The number of halogens is 1. The average molecular weight is 398 g/mol. The van der Waals surface area contributed by atoms with Crippen molar-refractivity contribution in [1.29, 1.82) is 0 Å². The van der Waals surface area contributed by atoms with Crippen molar-refractivity contribution >= 4 is 26.4 Å². The van der Waals surface area contributed by atoms with Crippen LogP contribution in [0.5, 0.6) is 0 Å². The Bertz CT molecular complexity index is 408. The monoisotopic (exact) mass is 398 g/mol. The fraction of sp³-hybridized carbons (Fsp3) is 0.526. The summed E-state index contributed by atoms with van der Waals surface area (Å²) in [5.41, 5.74) is 2.15. The third kappa shape index (κ3) is 9.07. The van der Waals surface area contributed by atoms with Crippen molar-refractivity contribution in [1.82, 2.24) is 0 Å². The SMILES string of the molecule is C=CCCCCCCCCCCc1ccc(C(=O)I)cc1. The molecule has 0 aliphatic carbocycles. The highest BCUT2D eigenvalue weighted by molar-refractivity contribution is 14.1. The van der Waals surface area contributed by atoms with Gasteiger partial charge in [0.15, 0.2) is 0 Å². The Labute approximate surface area is 143 Å². The number of allylic oxidation sites excluding steroid dienone is 1. The lowest BCUT2D eigenvalue weighted by Crippen LogP contribution is -1.90. The van der Waals surface area contributed by atoms with Crippen LogP contribution in [-0.4, -0.2) is 3.79 Å². The molecule has 0 atom stereocenters. The Kier molecular flexibility index (Phi) is 10.5. The predicted molar refractivity (Wildman–Crippen MR) is 100 cm³/mol. The number of benzene rings is 1. The Morgan fingerprint density at radius 1 is 0.905 bits per heavy atom. The van der Waals surface area contributed by atoms with Crippen LogP contribution in [0.1, 0.15) is 73.7 Å². The van der Waals surface area contributed by atoms with E-state index < -0.39 is 0 Å². The molecule has 116 valence electrons. The fourth-order valence-electron chi connectivity index (χ4n) is 2.48. The lowest BCUT2D eigenvalue weighted by Gasteiger charge is -2.03. The second-order valence-electron chi connectivity index (χ2n) is 5.63. The van der Waals surface area contributed by atoms with Gasteiger partial charge in [-0.1, -0.05) is 68.9 Å². The first-order valence-corrected chi connectivity index (χ1v) is 9.21. The van der Waals surface area contributed by atoms with E-state index >= 15 is 0 Å².